The zero-order chi connectivity index (χ0) is 21.3. The van der Waals surface area contributed by atoms with Crippen LogP contribution in [0.5, 0.6) is 0 Å². The van der Waals surface area contributed by atoms with Gasteiger partial charge in [0.25, 0.3) is 0 Å². The Morgan fingerprint density at radius 3 is 2.35 bits per heavy atom. The highest BCUT2D eigenvalue weighted by Gasteiger charge is 2.42. The number of carbonyl (C=O) groups is 2. The van der Waals surface area contributed by atoms with Crippen LogP contribution in [0.1, 0.15) is 24.0 Å². The van der Waals surface area contributed by atoms with Crippen LogP contribution in [0.25, 0.3) is 11.1 Å². The highest BCUT2D eigenvalue weighted by molar-refractivity contribution is 5.88. The average Bonchev–Trinajstić information content (AvgIpc) is 2.80. The monoisotopic (exact) mass is 413 g/mol. The number of urea groups is 1. The van der Waals surface area contributed by atoms with Crippen LogP contribution in [0.3, 0.4) is 0 Å². The summed E-state index contributed by atoms with van der Waals surface area (Å²) < 4.78 is 0. The van der Waals surface area contributed by atoms with Gasteiger partial charge >= 0.3 is 6.03 Å². The fraction of sp³-hybridized carbons (Fsp3) is 0.250. The van der Waals surface area contributed by atoms with E-state index in [1.807, 2.05) is 48.5 Å². The van der Waals surface area contributed by atoms with Gasteiger partial charge in [0.2, 0.25) is 11.9 Å². The lowest BCUT2D eigenvalue weighted by atomic mass is 9.76. The van der Waals surface area contributed by atoms with Gasteiger partial charge < -0.3 is 10.2 Å². The summed E-state index contributed by atoms with van der Waals surface area (Å²) in [5, 5.41) is 5.98. The fourth-order valence-corrected chi connectivity index (χ4v) is 4.53. The number of fused-ring (bicyclic) bond motifs is 2. The highest BCUT2D eigenvalue weighted by Crippen LogP contribution is 2.37. The van der Waals surface area contributed by atoms with Gasteiger partial charge in [-0.2, -0.15) is 0 Å². The Balaban J connectivity index is 1.24. The lowest BCUT2D eigenvalue weighted by Gasteiger charge is -2.45. The third-order valence-electron chi connectivity index (χ3n) is 6.14. The van der Waals surface area contributed by atoms with Crippen molar-refractivity contribution in [2.45, 2.75) is 24.8 Å². The number of nitrogens with one attached hydrogen (secondary N) is 2. The Labute approximate surface area is 180 Å². The van der Waals surface area contributed by atoms with Crippen LogP contribution in [0.4, 0.5) is 10.7 Å². The fourth-order valence-electron chi connectivity index (χ4n) is 4.53. The minimum atomic E-state index is -0.392. The van der Waals surface area contributed by atoms with Crippen LogP contribution in [0, 0.1) is 0 Å². The molecule has 0 unspecified atom stereocenters. The number of anilines is 1. The molecule has 31 heavy (non-hydrogen) atoms. The molecule has 5 rings (SSSR count). The van der Waals surface area contributed by atoms with E-state index in [-0.39, 0.29) is 17.9 Å². The van der Waals surface area contributed by atoms with E-state index in [1.165, 1.54) is 5.56 Å². The lowest BCUT2D eigenvalue weighted by Crippen LogP contribution is -2.57. The third-order valence-corrected chi connectivity index (χ3v) is 6.14. The second-order valence-corrected chi connectivity index (χ2v) is 8.04. The van der Waals surface area contributed by atoms with Crippen molar-refractivity contribution in [3.05, 3.63) is 78.1 Å². The number of nitrogens with zero attached hydrogens (tertiary/aromatic N) is 3. The molecule has 0 atom stereocenters. The first-order valence-corrected chi connectivity index (χ1v) is 10.5. The topological polar surface area (TPSA) is 87.2 Å². The number of rotatable bonds is 2. The molecular formula is C24H23N5O2. The number of benzene rings is 2. The Morgan fingerprint density at radius 1 is 0.935 bits per heavy atom. The van der Waals surface area contributed by atoms with Crippen molar-refractivity contribution < 1.29 is 9.59 Å². The standard InChI is InChI=1S/C24H23N5O2/c30-21-14-18-8-4-5-9-20(18)24(28-21)10-12-29(13-11-24)23(31)27-22-25-15-19(16-26-22)17-6-2-1-3-7-17/h1-9,15-16H,10-14H2,(H,28,30)(H,25,26,27,31). The van der Waals surface area contributed by atoms with Crippen molar-refractivity contribution in [1.29, 1.82) is 0 Å². The summed E-state index contributed by atoms with van der Waals surface area (Å²) in [7, 11) is 0. The predicted octanol–water partition coefficient (Wildman–Crippen LogP) is 3.34. The number of aromatic nitrogens is 2. The first kappa shape index (κ1) is 19.2. The molecule has 3 heterocycles. The molecule has 3 aromatic rings. The molecule has 7 nitrogen and oxygen atoms in total. The van der Waals surface area contributed by atoms with Gasteiger partial charge in [0.15, 0.2) is 0 Å². The van der Waals surface area contributed by atoms with Crippen molar-refractivity contribution in [3.63, 3.8) is 0 Å². The van der Waals surface area contributed by atoms with E-state index in [2.05, 4.69) is 26.7 Å². The predicted molar refractivity (Wildman–Crippen MR) is 117 cm³/mol. The molecule has 156 valence electrons. The van der Waals surface area contributed by atoms with Crippen molar-refractivity contribution in [2.24, 2.45) is 0 Å². The summed E-state index contributed by atoms with van der Waals surface area (Å²) >= 11 is 0. The summed E-state index contributed by atoms with van der Waals surface area (Å²) in [6.45, 7) is 1.09. The van der Waals surface area contributed by atoms with Gasteiger partial charge in [-0.15, -0.1) is 0 Å². The smallest absolute Gasteiger partial charge is 0.324 e. The number of hydrogen-bond acceptors (Lipinski definition) is 4. The van der Waals surface area contributed by atoms with E-state index in [0.29, 0.717) is 32.4 Å². The van der Waals surface area contributed by atoms with Crippen molar-refractivity contribution in [2.75, 3.05) is 18.4 Å². The van der Waals surface area contributed by atoms with Crippen LogP contribution < -0.4 is 10.6 Å². The van der Waals surface area contributed by atoms with E-state index in [1.54, 1.807) is 17.3 Å². The van der Waals surface area contributed by atoms with E-state index in [0.717, 1.165) is 16.7 Å². The molecule has 1 spiro atoms. The Morgan fingerprint density at radius 2 is 1.61 bits per heavy atom. The molecule has 2 aliphatic heterocycles. The summed E-state index contributed by atoms with van der Waals surface area (Å²) in [6.07, 6.45) is 5.18. The number of hydrogen-bond donors (Lipinski definition) is 2. The Kier molecular flexibility index (Phi) is 4.86. The van der Waals surface area contributed by atoms with Crippen molar-refractivity contribution in [1.82, 2.24) is 20.2 Å². The van der Waals surface area contributed by atoms with E-state index < -0.39 is 5.54 Å². The molecule has 2 aliphatic rings. The molecule has 0 aliphatic carbocycles. The molecule has 1 saturated heterocycles. The van der Waals surface area contributed by atoms with Gasteiger partial charge in [-0.1, -0.05) is 54.6 Å². The van der Waals surface area contributed by atoms with Gasteiger partial charge in [0.1, 0.15) is 0 Å². The lowest BCUT2D eigenvalue weighted by molar-refractivity contribution is -0.123. The second-order valence-electron chi connectivity index (χ2n) is 8.04. The molecule has 0 radical (unpaired) electrons. The van der Waals surface area contributed by atoms with Gasteiger partial charge in [0.05, 0.1) is 12.0 Å². The summed E-state index contributed by atoms with van der Waals surface area (Å²) in [5.74, 6) is 0.324. The van der Waals surface area contributed by atoms with Crippen LogP contribution in [0.2, 0.25) is 0 Å². The summed E-state index contributed by atoms with van der Waals surface area (Å²) in [5.41, 5.74) is 3.78. The van der Waals surface area contributed by atoms with Gasteiger partial charge in [-0.3, -0.25) is 10.1 Å². The Hall–Kier alpha value is -3.74. The summed E-state index contributed by atoms with van der Waals surface area (Å²) in [4.78, 5) is 35.3. The maximum Gasteiger partial charge on any atom is 0.324 e. The number of piperidine rings is 1. The van der Waals surface area contributed by atoms with E-state index in [9.17, 15) is 9.59 Å². The first-order chi connectivity index (χ1) is 15.1. The summed E-state index contributed by atoms with van der Waals surface area (Å²) in [6, 6.07) is 17.7. The molecule has 1 aromatic heterocycles. The maximum atomic E-state index is 12.8. The van der Waals surface area contributed by atoms with Crippen molar-refractivity contribution in [3.8, 4) is 11.1 Å². The zero-order valence-corrected chi connectivity index (χ0v) is 17.0. The quantitative estimate of drug-likeness (QED) is 0.675. The molecule has 0 saturated carbocycles. The SMILES string of the molecule is O=C1Cc2ccccc2C2(CCN(C(=O)Nc3ncc(-c4ccccc4)cn3)CC2)N1. The normalized spacial score (nSPS) is 17.0. The Bertz CT molecular complexity index is 1110. The largest absolute Gasteiger partial charge is 0.346 e. The highest BCUT2D eigenvalue weighted by atomic mass is 16.2. The van der Waals surface area contributed by atoms with Gasteiger partial charge in [0, 0.05) is 31.0 Å². The van der Waals surface area contributed by atoms with Gasteiger partial charge in [-0.25, -0.2) is 14.8 Å². The molecule has 1 fully saturated rings. The molecular weight excluding hydrogens is 390 g/mol. The van der Waals surface area contributed by atoms with Crippen LogP contribution >= 0.6 is 0 Å². The minimum absolute atomic E-state index is 0.0449. The van der Waals surface area contributed by atoms with Crippen molar-refractivity contribution >= 4 is 17.9 Å². The third kappa shape index (κ3) is 3.74. The van der Waals surface area contributed by atoms with E-state index >= 15 is 0 Å². The zero-order valence-electron chi connectivity index (χ0n) is 17.0. The number of likely N-dealkylation sites (tertiary alicyclic amines) is 1. The number of carbonyl (C=O) groups excluding carboxylic acids is 2. The number of amides is 3. The maximum absolute atomic E-state index is 12.8. The second kappa shape index (κ2) is 7.83. The molecule has 7 heteroatoms. The van der Waals surface area contributed by atoms with Crippen LogP contribution in [0.15, 0.2) is 67.0 Å². The molecule has 2 N–H and O–H groups in total. The average molecular weight is 413 g/mol. The van der Waals surface area contributed by atoms with Crippen LogP contribution in [-0.4, -0.2) is 39.9 Å². The molecule has 3 amide bonds. The van der Waals surface area contributed by atoms with Crippen LogP contribution in [-0.2, 0) is 16.8 Å². The van der Waals surface area contributed by atoms with Gasteiger partial charge in [-0.05, 0) is 29.5 Å². The molecule has 0 bridgehead atoms. The minimum Gasteiger partial charge on any atom is -0.346 e. The molecule has 2 aromatic carbocycles. The first-order valence-electron chi connectivity index (χ1n) is 10.5. The van der Waals surface area contributed by atoms with E-state index in [4.69, 9.17) is 0 Å².